The Balaban J connectivity index is 1.16. The predicted molar refractivity (Wildman–Crippen MR) is 209 cm³/mol. The molecule has 10 aromatic rings. The van der Waals surface area contributed by atoms with Gasteiger partial charge in [0.05, 0.1) is 0 Å². The molecule has 0 bridgehead atoms. The van der Waals surface area contributed by atoms with Crippen molar-refractivity contribution in [3.8, 4) is 56.4 Å². The van der Waals surface area contributed by atoms with E-state index in [1.165, 1.54) is 21.9 Å². The van der Waals surface area contributed by atoms with E-state index in [4.69, 9.17) is 19.4 Å². The fourth-order valence-corrected chi connectivity index (χ4v) is 7.20. The molecule has 0 unspecified atom stereocenters. The van der Waals surface area contributed by atoms with E-state index >= 15 is 0 Å². The van der Waals surface area contributed by atoms with Crippen LogP contribution in [0.15, 0.2) is 180 Å². The van der Waals surface area contributed by atoms with Crippen molar-refractivity contribution in [3.63, 3.8) is 0 Å². The Morgan fingerprint density at radius 3 is 1.75 bits per heavy atom. The lowest BCUT2D eigenvalue weighted by molar-refractivity contribution is 0.669. The van der Waals surface area contributed by atoms with E-state index in [9.17, 15) is 0 Å². The van der Waals surface area contributed by atoms with Crippen LogP contribution < -0.4 is 0 Å². The van der Waals surface area contributed by atoms with E-state index in [0.29, 0.717) is 17.5 Å². The molecule has 0 radical (unpaired) electrons. The Labute approximate surface area is 294 Å². The molecule has 0 aliphatic heterocycles. The van der Waals surface area contributed by atoms with Gasteiger partial charge in [0.1, 0.15) is 11.2 Å². The predicted octanol–water partition coefficient (Wildman–Crippen LogP) is 12.4. The maximum Gasteiger partial charge on any atom is 0.164 e. The van der Waals surface area contributed by atoms with Gasteiger partial charge in [0.2, 0.25) is 0 Å². The summed E-state index contributed by atoms with van der Waals surface area (Å²) >= 11 is 0. The fraction of sp³-hybridized carbons (Fsp3) is 0. The summed E-state index contributed by atoms with van der Waals surface area (Å²) in [6.45, 7) is 0. The van der Waals surface area contributed by atoms with Crippen molar-refractivity contribution in [3.05, 3.63) is 176 Å². The summed E-state index contributed by atoms with van der Waals surface area (Å²) < 4.78 is 6.27. The summed E-state index contributed by atoms with van der Waals surface area (Å²) in [6, 6.07) is 61.2. The van der Waals surface area contributed by atoms with Crippen molar-refractivity contribution in [2.75, 3.05) is 0 Å². The lowest BCUT2D eigenvalue weighted by Gasteiger charge is -2.13. The Hall–Kier alpha value is -6.91. The third-order valence-electron chi connectivity index (χ3n) is 9.72. The quantitative estimate of drug-likeness (QED) is 0.186. The average Bonchev–Trinajstić information content (AvgIpc) is 3.58. The second-order valence-electron chi connectivity index (χ2n) is 12.8. The highest BCUT2D eigenvalue weighted by atomic mass is 16.3. The Morgan fingerprint density at radius 2 is 0.882 bits per heavy atom. The van der Waals surface area contributed by atoms with Crippen molar-refractivity contribution in [2.24, 2.45) is 0 Å². The van der Waals surface area contributed by atoms with Gasteiger partial charge in [0.25, 0.3) is 0 Å². The molecule has 51 heavy (non-hydrogen) atoms. The first-order valence-corrected chi connectivity index (χ1v) is 17.1. The number of benzene rings is 8. The molecule has 2 heterocycles. The van der Waals surface area contributed by atoms with Crippen molar-refractivity contribution in [1.82, 2.24) is 15.0 Å². The molecule has 0 atom stereocenters. The SMILES string of the molecule is c1ccc(-c2ccccc2-c2nc(-c3ccc4ccc(-c5cccc6ccccc56)cc4c3)nc(-c3ccc4c(c3)oc3ccccc34)n2)cc1. The van der Waals surface area contributed by atoms with Crippen LogP contribution in [0.3, 0.4) is 0 Å². The maximum absolute atomic E-state index is 6.27. The van der Waals surface area contributed by atoms with Gasteiger partial charge < -0.3 is 4.42 Å². The van der Waals surface area contributed by atoms with E-state index in [1.807, 2.05) is 36.4 Å². The van der Waals surface area contributed by atoms with Crippen molar-refractivity contribution >= 4 is 43.5 Å². The van der Waals surface area contributed by atoms with Crippen LogP contribution in [0.1, 0.15) is 0 Å². The van der Waals surface area contributed by atoms with Gasteiger partial charge in [-0.2, -0.15) is 0 Å². The monoisotopic (exact) mass is 651 g/mol. The van der Waals surface area contributed by atoms with Crippen LogP contribution >= 0.6 is 0 Å². The maximum atomic E-state index is 6.27. The molecule has 0 N–H and O–H groups in total. The van der Waals surface area contributed by atoms with E-state index in [2.05, 4.69) is 140 Å². The highest BCUT2D eigenvalue weighted by molar-refractivity contribution is 6.06. The molecule has 0 saturated carbocycles. The van der Waals surface area contributed by atoms with Crippen LogP contribution in [-0.2, 0) is 0 Å². The Kier molecular flexibility index (Phi) is 6.78. The van der Waals surface area contributed by atoms with Gasteiger partial charge in [-0.05, 0) is 74.1 Å². The largest absolute Gasteiger partial charge is 0.456 e. The number of nitrogens with zero attached hydrogens (tertiary/aromatic N) is 3. The molecular weight excluding hydrogens is 623 g/mol. The van der Waals surface area contributed by atoms with E-state index in [-0.39, 0.29) is 0 Å². The number of para-hydroxylation sites is 1. The van der Waals surface area contributed by atoms with Gasteiger partial charge >= 0.3 is 0 Å². The molecule has 10 rings (SSSR count). The molecule has 238 valence electrons. The fourth-order valence-electron chi connectivity index (χ4n) is 7.20. The number of hydrogen-bond donors (Lipinski definition) is 0. The zero-order valence-corrected chi connectivity index (χ0v) is 27.5. The summed E-state index contributed by atoms with van der Waals surface area (Å²) in [4.78, 5) is 15.4. The molecule has 0 fully saturated rings. The number of hydrogen-bond acceptors (Lipinski definition) is 4. The minimum atomic E-state index is 0.588. The zero-order chi connectivity index (χ0) is 33.7. The van der Waals surface area contributed by atoms with Crippen molar-refractivity contribution in [1.29, 1.82) is 0 Å². The lowest BCUT2D eigenvalue weighted by Crippen LogP contribution is -2.01. The summed E-state index contributed by atoms with van der Waals surface area (Å²) in [5.74, 6) is 1.81. The van der Waals surface area contributed by atoms with Crippen molar-refractivity contribution in [2.45, 2.75) is 0 Å². The zero-order valence-electron chi connectivity index (χ0n) is 27.5. The van der Waals surface area contributed by atoms with Crippen LogP contribution in [0.5, 0.6) is 0 Å². The third kappa shape index (κ3) is 5.13. The number of furan rings is 1. The summed E-state index contributed by atoms with van der Waals surface area (Å²) in [5, 5.41) is 6.89. The van der Waals surface area contributed by atoms with Crippen LogP contribution in [-0.4, -0.2) is 15.0 Å². The molecule has 4 heteroatoms. The van der Waals surface area contributed by atoms with Crippen LogP contribution in [0.4, 0.5) is 0 Å². The molecule has 4 nitrogen and oxygen atoms in total. The van der Waals surface area contributed by atoms with Crippen LogP contribution in [0, 0.1) is 0 Å². The van der Waals surface area contributed by atoms with E-state index < -0.39 is 0 Å². The Bertz CT molecular complexity index is 2920. The van der Waals surface area contributed by atoms with E-state index in [0.717, 1.165) is 60.5 Å². The van der Waals surface area contributed by atoms with Gasteiger partial charge in [0, 0.05) is 27.5 Å². The first-order chi connectivity index (χ1) is 25.2. The average molecular weight is 652 g/mol. The standard InChI is InChI=1S/C47H29N3O/c1-2-11-31(12-3-1)38-16-6-7-18-42(38)47-49-45(48-46(50-47)35-25-26-41-40-17-8-9-20-43(40)51-44(41)29-35)34-24-22-30-21-23-33(27-36(30)28-34)39-19-10-14-32-13-4-5-15-37(32)39/h1-29H. The van der Waals surface area contributed by atoms with Gasteiger partial charge in [-0.15, -0.1) is 0 Å². The van der Waals surface area contributed by atoms with Gasteiger partial charge in [-0.3, -0.25) is 0 Å². The third-order valence-corrected chi connectivity index (χ3v) is 9.72. The lowest BCUT2D eigenvalue weighted by atomic mass is 9.95. The molecule has 2 aromatic heterocycles. The minimum Gasteiger partial charge on any atom is -0.456 e. The Morgan fingerprint density at radius 1 is 0.294 bits per heavy atom. The summed E-state index contributed by atoms with van der Waals surface area (Å²) in [7, 11) is 0. The number of rotatable bonds is 5. The molecule has 0 spiro atoms. The smallest absolute Gasteiger partial charge is 0.164 e. The molecule has 0 saturated heterocycles. The topological polar surface area (TPSA) is 51.8 Å². The van der Waals surface area contributed by atoms with Crippen LogP contribution in [0.2, 0.25) is 0 Å². The minimum absolute atomic E-state index is 0.588. The van der Waals surface area contributed by atoms with E-state index in [1.54, 1.807) is 0 Å². The second-order valence-corrected chi connectivity index (χ2v) is 12.8. The highest BCUT2D eigenvalue weighted by Crippen LogP contribution is 2.36. The normalized spacial score (nSPS) is 11.5. The van der Waals surface area contributed by atoms with Gasteiger partial charge in [-0.1, -0.05) is 146 Å². The number of fused-ring (bicyclic) bond motifs is 5. The van der Waals surface area contributed by atoms with Gasteiger partial charge in [0.15, 0.2) is 17.5 Å². The first-order valence-electron chi connectivity index (χ1n) is 17.1. The second kappa shape index (κ2) is 11.9. The highest BCUT2D eigenvalue weighted by Gasteiger charge is 2.17. The molecule has 0 aliphatic rings. The summed E-state index contributed by atoms with van der Waals surface area (Å²) in [6.07, 6.45) is 0. The molecule has 8 aromatic carbocycles. The molecular formula is C47H29N3O. The van der Waals surface area contributed by atoms with Crippen LogP contribution in [0.25, 0.3) is 99.9 Å². The van der Waals surface area contributed by atoms with Gasteiger partial charge in [-0.25, -0.2) is 15.0 Å². The molecule has 0 amide bonds. The molecule has 0 aliphatic carbocycles. The first kappa shape index (κ1) is 29.0. The van der Waals surface area contributed by atoms with Crippen molar-refractivity contribution < 1.29 is 4.42 Å². The number of aromatic nitrogens is 3. The summed E-state index contributed by atoms with van der Waals surface area (Å²) in [5.41, 5.74) is 8.93.